The predicted molar refractivity (Wildman–Crippen MR) is 325 cm³/mol. The van der Waals surface area contributed by atoms with Crippen LogP contribution in [0.4, 0.5) is 34.1 Å². The summed E-state index contributed by atoms with van der Waals surface area (Å²) >= 11 is 0. The summed E-state index contributed by atoms with van der Waals surface area (Å²) in [5.74, 6) is 1.87. The van der Waals surface area contributed by atoms with Gasteiger partial charge in [0.15, 0.2) is 17.5 Å². The molecule has 6 nitrogen and oxygen atoms in total. The van der Waals surface area contributed by atoms with E-state index in [4.69, 9.17) is 15.0 Å². The fraction of sp³-hybridized carbons (Fsp3) is 0.0282. The van der Waals surface area contributed by atoms with Gasteiger partial charge in [-0.05, 0) is 138 Å². The van der Waals surface area contributed by atoms with E-state index in [1.54, 1.807) is 0 Å². The van der Waals surface area contributed by atoms with Crippen molar-refractivity contribution < 1.29 is 0 Å². The normalized spacial score (nSPS) is 12.4. The minimum Gasteiger partial charge on any atom is -0.311 e. The van der Waals surface area contributed by atoms with Gasteiger partial charge in [-0.25, -0.2) is 15.0 Å². The molecule has 2 aliphatic heterocycles. The van der Waals surface area contributed by atoms with E-state index in [-0.39, 0.29) is 6.71 Å². The number of rotatable bonds is 8. The highest BCUT2D eigenvalue weighted by Crippen LogP contribution is 2.45. The van der Waals surface area contributed by atoms with E-state index in [0.29, 0.717) is 17.5 Å². The number of para-hydroxylation sites is 3. The van der Waals surface area contributed by atoms with Crippen molar-refractivity contribution in [3.05, 3.63) is 272 Å². The highest BCUT2D eigenvalue weighted by atomic mass is 15.2. The average molecular weight is 997 g/mol. The summed E-state index contributed by atoms with van der Waals surface area (Å²) in [5, 5.41) is 2.47. The van der Waals surface area contributed by atoms with Gasteiger partial charge in [0.05, 0.1) is 16.7 Å². The van der Waals surface area contributed by atoms with Gasteiger partial charge in [-0.1, -0.05) is 181 Å². The maximum Gasteiger partial charge on any atom is 0.252 e. The zero-order valence-electron chi connectivity index (χ0n) is 43.1. The Hall–Kier alpha value is -10.1. The van der Waals surface area contributed by atoms with Gasteiger partial charge < -0.3 is 14.4 Å². The van der Waals surface area contributed by atoms with Crippen molar-refractivity contribution >= 4 is 79.0 Å². The number of hydrogen-bond acceptors (Lipinski definition) is 5. The number of aryl methyl sites for hydroxylation is 2. The molecule has 11 aromatic carbocycles. The summed E-state index contributed by atoms with van der Waals surface area (Å²) in [6.07, 6.45) is 0. The van der Waals surface area contributed by atoms with Gasteiger partial charge in [-0.15, -0.1) is 0 Å². The Balaban J connectivity index is 0.871. The van der Waals surface area contributed by atoms with Gasteiger partial charge in [-0.2, -0.15) is 0 Å². The van der Waals surface area contributed by atoms with Crippen molar-refractivity contribution in [1.29, 1.82) is 0 Å². The zero-order chi connectivity index (χ0) is 51.8. The topological polar surface area (TPSA) is 50.1 Å². The fourth-order valence-corrected chi connectivity index (χ4v) is 12.2. The highest BCUT2D eigenvalue weighted by molar-refractivity contribution is 7.00. The molecule has 0 N–H and O–H groups in total. The highest BCUT2D eigenvalue weighted by Gasteiger charge is 2.42. The standard InChI is InChI=1S/C71H49BN6/c1-46-32-39-62-57(42-46)58-43-47(2)33-40-63(58)78(62)61-41-38-53(71-74-69(50-18-6-3-7-19-50)73-70(75-71)51-20-8-4-9-21-51)45-56(61)49-36-34-48(35-37-49)52-22-16-25-55(44-52)77-65-29-15-13-27-60(65)72-59-26-12-14-28-64(59)76(54-23-10-5-11-24-54)66-30-17-31-67(77)68(66)72/h3-45H,1-2H3. The smallest absolute Gasteiger partial charge is 0.252 e. The molecule has 0 bridgehead atoms. The summed E-state index contributed by atoms with van der Waals surface area (Å²) in [6.45, 7) is 4.43. The van der Waals surface area contributed by atoms with Crippen LogP contribution in [-0.4, -0.2) is 26.2 Å². The largest absolute Gasteiger partial charge is 0.311 e. The molecule has 0 atom stereocenters. The predicted octanol–water partition coefficient (Wildman–Crippen LogP) is 16.0. The van der Waals surface area contributed by atoms with Crippen molar-refractivity contribution in [1.82, 2.24) is 19.5 Å². The van der Waals surface area contributed by atoms with Crippen LogP contribution in [0.15, 0.2) is 261 Å². The van der Waals surface area contributed by atoms with Crippen LogP contribution in [0.25, 0.3) is 83.9 Å². The van der Waals surface area contributed by atoms with E-state index < -0.39 is 0 Å². The third kappa shape index (κ3) is 7.46. The Kier molecular flexibility index (Phi) is 10.6. The molecule has 7 heteroatoms. The maximum absolute atomic E-state index is 5.18. The summed E-state index contributed by atoms with van der Waals surface area (Å²) in [7, 11) is 0. The monoisotopic (exact) mass is 996 g/mol. The molecular weight excluding hydrogens is 948 g/mol. The van der Waals surface area contributed by atoms with Gasteiger partial charge in [0.25, 0.3) is 6.71 Å². The number of benzene rings is 11. The molecular formula is C71H49BN6. The molecule has 0 saturated heterocycles. The van der Waals surface area contributed by atoms with Crippen molar-refractivity contribution in [2.24, 2.45) is 0 Å². The number of nitrogens with zero attached hydrogens (tertiary/aromatic N) is 6. The number of fused-ring (bicyclic) bond motifs is 7. The second kappa shape index (κ2) is 18.3. The molecule has 0 fully saturated rings. The maximum atomic E-state index is 5.18. The summed E-state index contributed by atoms with van der Waals surface area (Å²) in [6, 6.07) is 94.2. The molecule has 2 aliphatic rings. The minimum atomic E-state index is 0.0802. The van der Waals surface area contributed by atoms with Crippen LogP contribution in [0.2, 0.25) is 0 Å². The van der Waals surface area contributed by atoms with E-state index in [0.717, 1.165) is 67.0 Å². The summed E-state index contributed by atoms with van der Waals surface area (Å²) < 4.78 is 2.43. The molecule has 0 spiro atoms. The lowest BCUT2D eigenvalue weighted by Gasteiger charge is -2.44. The van der Waals surface area contributed by atoms with Crippen molar-refractivity contribution in [3.8, 4) is 62.1 Å². The van der Waals surface area contributed by atoms with Crippen LogP contribution in [0.1, 0.15) is 11.1 Å². The number of hydrogen-bond donors (Lipinski definition) is 0. The van der Waals surface area contributed by atoms with Crippen LogP contribution in [0.3, 0.4) is 0 Å². The lowest BCUT2D eigenvalue weighted by molar-refractivity contribution is 1.07. The Morgan fingerprint density at radius 2 is 0.756 bits per heavy atom. The molecule has 366 valence electrons. The second-order valence-electron chi connectivity index (χ2n) is 20.5. The number of anilines is 6. The lowest BCUT2D eigenvalue weighted by atomic mass is 9.33. The lowest BCUT2D eigenvalue weighted by Crippen LogP contribution is -2.61. The van der Waals surface area contributed by atoms with E-state index in [2.05, 4.69) is 253 Å². The van der Waals surface area contributed by atoms with Crippen LogP contribution < -0.4 is 26.2 Å². The number of aromatic nitrogens is 4. The first kappa shape index (κ1) is 45.3. The van der Waals surface area contributed by atoms with Gasteiger partial charge >= 0.3 is 0 Å². The van der Waals surface area contributed by atoms with E-state index >= 15 is 0 Å². The first-order chi connectivity index (χ1) is 38.5. The second-order valence-corrected chi connectivity index (χ2v) is 20.5. The molecule has 0 aliphatic carbocycles. The van der Waals surface area contributed by atoms with Crippen LogP contribution in [0, 0.1) is 13.8 Å². The Morgan fingerprint density at radius 3 is 1.35 bits per heavy atom. The Bertz CT molecular complexity index is 4360. The first-order valence-electron chi connectivity index (χ1n) is 26.7. The molecule has 0 amide bonds. The third-order valence-electron chi connectivity index (χ3n) is 15.7. The minimum absolute atomic E-state index is 0.0802. The quantitative estimate of drug-likeness (QED) is 0.142. The molecule has 15 rings (SSSR count). The molecule has 0 saturated carbocycles. The van der Waals surface area contributed by atoms with Crippen LogP contribution in [-0.2, 0) is 0 Å². The third-order valence-corrected chi connectivity index (χ3v) is 15.7. The fourth-order valence-electron chi connectivity index (χ4n) is 12.2. The van der Waals surface area contributed by atoms with Crippen molar-refractivity contribution in [2.45, 2.75) is 13.8 Å². The Morgan fingerprint density at radius 1 is 0.308 bits per heavy atom. The van der Waals surface area contributed by atoms with Gasteiger partial charge in [-0.3, -0.25) is 0 Å². The molecule has 0 unspecified atom stereocenters. The first-order valence-corrected chi connectivity index (χ1v) is 26.7. The summed E-state index contributed by atoms with van der Waals surface area (Å²) in [5.41, 5.74) is 24.0. The van der Waals surface area contributed by atoms with Gasteiger partial charge in [0.1, 0.15) is 0 Å². The molecule has 0 radical (unpaired) electrons. The van der Waals surface area contributed by atoms with E-state index in [1.165, 1.54) is 61.0 Å². The Labute approximate surface area is 454 Å². The van der Waals surface area contributed by atoms with Gasteiger partial charge in [0.2, 0.25) is 0 Å². The average Bonchev–Trinajstić information content (AvgIpc) is 3.93. The molecule has 4 heterocycles. The SMILES string of the molecule is Cc1ccc2c(c1)c1cc(C)ccc1n2-c1ccc(-c2nc(-c3ccccc3)nc(-c3ccccc3)n2)cc1-c1ccc(-c2cccc(N3c4ccccc4B4c5ccccc5N(c5ccccc5)c5cccc3c54)c2)cc1. The van der Waals surface area contributed by atoms with E-state index in [9.17, 15) is 0 Å². The van der Waals surface area contributed by atoms with E-state index in [1.807, 2.05) is 36.4 Å². The van der Waals surface area contributed by atoms with Crippen LogP contribution in [0.5, 0.6) is 0 Å². The van der Waals surface area contributed by atoms with Crippen molar-refractivity contribution in [2.75, 3.05) is 9.80 Å². The van der Waals surface area contributed by atoms with Crippen molar-refractivity contribution in [3.63, 3.8) is 0 Å². The summed E-state index contributed by atoms with van der Waals surface area (Å²) in [4.78, 5) is 20.3. The molecule has 2 aromatic heterocycles. The zero-order valence-corrected chi connectivity index (χ0v) is 43.1. The van der Waals surface area contributed by atoms with Crippen LogP contribution >= 0.6 is 0 Å². The molecule has 13 aromatic rings. The van der Waals surface area contributed by atoms with Gasteiger partial charge in [0, 0.05) is 67.2 Å². The molecule has 78 heavy (non-hydrogen) atoms.